The minimum atomic E-state index is 0.115. The fourth-order valence-corrected chi connectivity index (χ4v) is 2.85. The number of aromatic nitrogens is 2. The lowest BCUT2D eigenvalue weighted by molar-refractivity contribution is 0.254. The molecule has 1 aromatic rings. The standard InChI is InChI=1S/C11H18BrN5O/c12-9-10(16-13)14-7-15-11(9)17-5-3-1-2-4-8(17)6-18/h7-8,18H,1-6,13H2,(H,14,15,16). The van der Waals surface area contributed by atoms with E-state index in [0.717, 1.165) is 36.1 Å². The molecule has 18 heavy (non-hydrogen) atoms. The maximum absolute atomic E-state index is 9.52. The van der Waals surface area contributed by atoms with Crippen LogP contribution in [0.4, 0.5) is 11.6 Å². The van der Waals surface area contributed by atoms with Crippen LogP contribution < -0.4 is 16.2 Å². The first-order valence-corrected chi connectivity index (χ1v) is 6.92. The lowest BCUT2D eigenvalue weighted by Crippen LogP contribution is -2.38. The topological polar surface area (TPSA) is 87.3 Å². The minimum absolute atomic E-state index is 0.115. The third kappa shape index (κ3) is 2.73. The lowest BCUT2D eigenvalue weighted by Gasteiger charge is -2.30. The van der Waals surface area contributed by atoms with Crippen LogP contribution in [-0.2, 0) is 0 Å². The van der Waals surface area contributed by atoms with Gasteiger partial charge in [0, 0.05) is 6.54 Å². The molecular weight excluding hydrogens is 298 g/mol. The minimum Gasteiger partial charge on any atom is -0.394 e. The molecular formula is C11H18BrN5O. The van der Waals surface area contributed by atoms with Gasteiger partial charge in [0.15, 0.2) is 5.82 Å². The second kappa shape index (κ2) is 6.31. The van der Waals surface area contributed by atoms with Crippen LogP contribution in [-0.4, -0.2) is 34.3 Å². The fourth-order valence-electron chi connectivity index (χ4n) is 2.31. The molecule has 1 unspecified atom stereocenters. The highest BCUT2D eigenvalue weighted by atomic mass is 79.9. The first kappa shape index (κ1) is 13.5. The lowest BCUT2D eigenvalue weighted by atomic mass is 10.1. The first-order valence-electron chi connectivity index (χ1n) is 6.12. The van der Waals surface area contributed by atoms with Crippen molar-refractivity contribution in [1.82, 2.24) is 9.97 Å². The van der Waals surface area contributed by atoms with Gasteiger partial charge in [0.1, 0.15) is 16.6 Å². The Morgan fingerprint density at radius 2 is 2.28 bits per heavy atom. The van der Waals surface area contributed by atoms with E-state index in [1.165, 1.54) is 12.7 Å². The molecule has 6 nitrogen and oxygen atoms in total. The van der Waals surface area contributed by atoms with Crippen LogP contribution in [0.2, 0.25) is 0 Å². The molecule has 1 aliphatic heterocycles. The molecule has 0 aromatic carbocycles. The number of nitrogens with zero attached hydrogens (tertiary/aromatic N) is 3. The van der Waals surface area contributed by atoms with Crippen LogP contribution in [0.1, 0.15) is 25.7 Å². The third-order valence-electron chi connectivity index (χ3n) is 3.27. The normalized spacial score (nSPS) is 20.6. The maximum atomic E-state index is 9.52. The van der Waals surface area contributed by atoms with Crippen molar-refractivity contribution < 1.29 is 5.11 Å². The number of nitrogen functional groups attached to an aromatic ring is 1. The van der Waals surface area contributed by atoms with E-state index in [1.54, 1.807) is 0 Å². The Balaban J connectivity index is 2.32. The summed E-state index contributed by atoms with van der Waals surface area (Å²) in [5.74, 6) is 6.76. The second-order valence-electron chi connectivity index (χ2n) is 4.38. The molecule has 2 rings (SSSR count). The van der Waals surface area contributed by atoms with E-state index in [9.17, 15) is 5.11 Å². The van der Waals surface area contributed by atoms with Gasteiger partial charge in [-0.2, -0.15) is 0 Å². The predicted molar refractivity (Wildman–Crippen MR) is 74.2 cm³/mol. The number of hydrogen-bond donors (Lipinski definition) is 3. The van der Waals surface area contributed by atoms with Crippen molar-refractivity contribution in [3.8, 4) is 0 Å². The summed E-state index contributed by atoms with van der Waals surface area (Å²) in [6.45, 7) is 1.03. The van der Waals surface area contributed by atoms with Crippen molar-refractivity contribution in [2.45, 2.75) is 31.7 Å². The average molecular weight is 316 g/mol. The van der Waals surface area contributed by atoms with E-state index >= 15 is 0 Å². The molecule has 1 aliphatic rings. The molecule has 1 fully saturated rings. The first-order chi connectivity index (χ1) is 8.77. The summed E-state index contributed by atoms with van der Waals surface area (Å²) in [4.78, 5) is 10.5. The van der Waals surface area contributed by atoms with Gasteiger partial charge in [-0.1, -0.05) is 12.8 Å². The Morgan fingerprint density at radius 1 is 1.44 bits per heavy atom. The summed E-state index contributed by atoms with van der Waals surface area (Å²) < 4.78 is 0.743. The van der Waals surface area contributed by atoms with Gasteiger partial charge < -0.3 is 15.4 Å². The van der Waals surface area contributed by atoms with Crippen molar-refractivity contribution in [2.24, 2.45) is 5.84 Å². The van der Waals surface area contributed by atoms with Gasteiger partial charge in [0.25, 0.3) is 0 Å². The summed E-state index contributed by atoms with van der Waals surface area (Å²) in [6.07, 6.45) is 5.91. The van der Waals surface area contributed by atoms with Crippen LogP contribution in [0.15, 0.2) is 10.8 Å². The van der Waals surface area contributed by atoms with E-state index in [2.05, 4.69) is 36.2 Å². The largest absolute Gasteiger partial charge is 0.394 e. The van der Waals surface area contributed by atoms with Crippen LogP contribution >= 0.6 is 15.9 Å². The molecule has 7 heteroatoms. The quantitative estimate of drug-likeness (QED) is 0.575. The van der Waals surface area contributed by atoms with Gasteiger partial charge >= 0.3 is 0 Å². The van der Waals surface area contributed by atoms with Crippen molar-refractivity contribution in [3.63, 3.8) is 0 Å². The molecule has 2 heterocycles. The zero-order chi connectivity index (χ0) is 13.0. The Hall–Kier alpha value is -0.920. The van der Waals surface area contributed by atoms with Gasteiger partial charge in [0.2, 0.25) is 0 Å². The SMILES string of the molecule is NNc1ncnc(N2CCCCCC2CO)c1Br. The summed E-state index contributed by atoms with van der Waals surface area (Å²) in [5.41, 5.74) is 2.54. The Bertz CT molecular complexity index is 403. The molecule has 100 valence electrons. The van der Waals surface area contributed by atoms with E-state index in [0.29, 0.717) is 5.82 Å². The van der Waals surface area contributed by atoms with Gasteiger partial charge in [-0.3, -0.25) is 0 Å². The molecule has 1 aromatic heterocycles. The number of aliphatic hydroxyl groups is 1. The van der Waals surface area contributed by atoms with Crippen molar-refractivity contribution in [3.05, 3.63) is 10.8 Å². The summed E-state index contributed by atoms with van der Waals surface area (Å²) in [5, 5.41) is 9.52. The zero-order valence-electron chi connectivity index (χ0n) is 10.1. The number of anilines is 2. The maximum Gasteiger partial charge on any atom is 0.159 e. The van der Waals surface area contributed by atoms with Crippen molar-refractivity contribution in [1.29, 1.82) is 0 Å². The van der Waals surface area contributed by atoms with Crippen molar-refractivity contribution in [2.75, 3.05) is 23.5 Å². The van der Waals surface area contributed by atoms with Crippen LogP contribution in [0.3, 0.4) is 0 Å². The third-order valence-corrected chi connectivity index (χ3v) is 4.00. The Morgan fingerprint density at radius 3 is 3.00 bits per heavy atom. The Kier molecular flexibility index (Phi) is 4.73. The van der Waals surface area contributed by atoms with Crippen molar-refractivity contribution >= 4 is 27.6 Å². The zero-order valence-corrected chi connectivity index (χ0v) is 11.7. The van der Waals surface area contributed by atoms with E-state index in [1.807, 2.05) is 0 Å². The summed E-state index contributed by atoms with van der Waals surface area (Å²) >= 11 is 3.47. The molecule has 1 saturated heterocycles. The number of hydrogen-bond acceptors (Lipinski definition) is 6. The number of halogens is 1. The number of nitrogens with two attached hydrogens (primary N) is 1. The number of aliphatic hydroxyl groups excluding tert-OH is 1. The molecule has 0 spiro atoms. The average Bonchev–Trinajstić information content (AvgIpc) is 2.64. The highest BCUT2D eigenvalue weighted by molar-refractivity contribution is 9.10. The highest BCUT2D eigenvalue weighted by Gasteiger charge is 2.24. The molecule has 0 bridgehead atoms. The number of rotatable bonds is 3. The summed E-state index contributed by atoms with van der Waals surface area (Å²) in [6, 6.07) is 0.115. The second-order valence-corrected chi connectivity index (χ2v) is 5.18. The monoisotopic (exact) mass is 315 g/mol. The van der Waals surface area contributed by atoms with Gasteiger partial charge in [-0.15, -0.1) is 0 Å². The van der Waals surface area contributed by atoms with E-state index in [4.69, 9.17) is 5.84 Å². The van der Waals surface area contributed by atoms with Crippen LogP contribution in [0, 0.1) is 0 Å². The van der Waals surface area contributed by atoms with Gasteiger partial charge in [-0.05, 0) is 28.8 Å². The van der Waals surface area contributed by atoms with E-state index < -0.39 is 0 Å². The number of hydrazine groups is 1. The van der Waals surface area contributed by atoms with Crippen LogP contribution in [0.25, 0.3) is 0 Å². The smallest absolute Gasteiger partial charge is 0.159 e. The Labute approximate surface area is 115 Å². The number of nitrogens with one attached hydrogen (secondary N) is 1. The van der Waals surface area contributed by atoms with E-state index in [-0.39, 0.29) is 12.6 Å². The van der Waals surface area contributed by atoms with Crippen LogP contribution in [0.5, 0.6) is 0 Å². The highest BCUT2D eigenvalue weighted by Crippen LogP contribution is 2.32. The van der Waals surface area contributed by atoms with Gasteiger partial charge in [0.05, 0.1) is 12.6 Å². The molecule has 0 saturated carbocycles. The molecule has 0 amide bonds. The fraction of sp³-hybridized carbons (Fsp3) is 0.636. The molecule has 0 aliphatic carbocycles. The summed E-state index contributed by atoms with van der Waals surface area (Å²) in [7, 11) is 0. The predicted octanol–water partition coefficient (Wildman–Crippen LogP) is 1.27. The molecule has 0 radical (unpaired) electrons. The molecule has 1 atom stereocenters. The van der Waals surface area contributed by atoms with Gasteiger partial charge in [-0.25, -0.2) is 15.8 Å². The molecule has 4 N–H and O–H groups in total.